The van der Waals surface area contributed by atoms with E-state index in [2.05, 4.69) is 204 Å². The lowest BCUT2D eigenvalue weighted by molar-refractivity contribution is -0.784. The third-order valence-corrected chi connectivity index (χ3v) is 20.6. The monoisotopic (exact) mass is 2000 g/mol. The minimum atomic E-state index is 0.207. The minimum Gasteiger partial charge on any atom is -0.381 e. The maximum absolute atomic E-state index is 5.63. The molecule has 6 fully saturated rings. The van der Waals surface area contributed by atoms with Gasteiger partial charge in [-0.05, 0) is 280 Å². The molecule has 0 saturated carbocycles. The predicted octanol–water partition coefficient (Wildman–Crippen LogP) is 15.0. The second-order valence-corrected chi connectivity index (χ2v) is 39.1. The lowest BCUT2D eigenvalue weighted by Gasteiger charge is -2.37. The van der Waals surface area contributed by atoms with E-state index in [0.717, 1.165) is 142 Å². The molecule has 6 aliphatic rings. The number of hydrogen-bond donors (Lipinski definition) is 4. The van der Waals surface area contributed by atoms with Crippen LogP contribution in [0.3, 0.4) is 0 Å². The van der Waals surface area contributed by atoms with Crippen molar-refractivity contribution in [1.82, 2.24) is 75.2 Å². The molecule has 12 heterocycles. The first kappa shape index (κ1) is 132. The molecule has 0 bridgehead atoms. The summed E-state index contributed by atoms with van der Waals surface area (Å²) in [5, 5.41) is 16.0. The molecular weight excluding hydrogens is 1800 g/mol. The van der Waals surface area contributed by atoms with E-state index in [1.165, 1.54) is 76.0 Å². The van der Waals surface area contributed by atoms with E-state index in [4.69, 9.17) is 80.5 Å². The van der Waals surface area contributed by atoms with Gasteiger partial charge >= 0.3 is 6.33 Å². The summed E-state index contributed by atoms with van der Waals surface area (Å²) >= 11 is 0. The number of ether oxygens (including phenoxy) is 17. The van der Waals surface area contributed by atoms with Crippen LogP contribution >= 0.6 is 0 Å². The van der Waals surface area contributed by atoms with Crippen LogP contribution in [-0.2, 0) is 134 Å². The number of imidazole rings is 2. The number of aromatic amines is 4. The average Bonchev–Trinajstić information content (AvgIpc) is 1.56. The molecule has 1 unspecified atom stereocenters. The fourth-order valence-electron chi connectivity index (χ4n) is 12.1. The smallest absolute Gasteiger partial charge is 0.308 e. The van der Waals surface area contributed by atoms with Crippen molar-refractivity contribution in [2.75, 3.05) is 166 Å². The van der Waals surface area contributed by atoms with Crippen molar-refractivity contribution in [2.45, 2.75) is 350 Å². The van der Waals surface area contributed by atoms with E-state index < -0.39 is 0 Å². The molecule has 812 valence electrons. The molecule has 4 N–H and O–H groups in total. The van der Waals surface area contributed by atoms with Gasteiger partial charge in [-0.2, -0.15) is 19.4 Å². The summed E-state index contributed by atoms with van der Waals surface area (Å²) < 4.78 is 96.5. The zero-order valence-electron chi connectivity index (χ0n) is 93.1. The summed E-state index contributed by atoms with van der Waals surface area (Å²) in [5.41, 5.74) is 4.56. The Bertz CT molecular complexity index is 3540. The van der Waals surface area contributed by atoms with Crippen molar-refractivity contribution in [2.24, 2.45) is 24.8 Å². The molecule has 0 radical (unpaired) electrons. The lowest BCUT2D eigenvalue weighted by Crippen LogP contribution is -2.52. The maximum Gasteiger partial charge on any atom is 0.308 e. The van der Waals surface area contributed by atoms with Gasteiger partial charge in [-0.1, -0.05) is 35.5 Å². The third-order valence-electron chi connectivity index (χ3n) is 20.6. The number of likely N-dealkylation sites (N-methyl/N-ethyl adjacent to an activating group) is 3. The van der Waals surface area contributed by atoms with E-state index in [9.17, 15) is 0 Å². The number of benzene rings is 1. The van der Waals surface area contributed by atoms with Gasteiger partial charge in [-0.25, -0.2) is 9.97 Å². The highest BCUT2D eigenvalue weighted by Gasteiger charge is 2.24. The Labute approximate surface area is 851 Å². The van der Waals surface area contributed by atoms with Gasteiger partial charge in [-0.3, -0.25) is 14.8 Å². The summed E-state index contributed by atoms with van der Waals surface area (Å²) in [6.45, 7) is 78.3. The van der Waals surface area contributed by atoms with Crippen molar-refractivity contribution in [3.8, 4) is 0 Å². The van der Waals surface area contributed by atoms with E-state index in [1.54, 1.807) is 54.8 Å². The first-order valence-corrected chi connectivity index (χ1v) is 51.8. The number of aryl methyl sites for hydroxylation is 1. The number of nitrogens with zero attached hydrogens (tertiary/aromatic N) is 14. The number of rotatable bonds is 41. The molecule has 1 atom stereocenters. The quantitative estimate of drug-likeness (QED) is 0.0259. The predicted molar refractivity (Wildman–Crippen MR) is 556 cm³/mol. The standard InChI is InChI=1S/C11H16O.2C10H22N2O.C10H20O2.C9H16N2O.C9H13NO.C9H18O2.2C7H12N2O.C7H14O2.C6H11N3O.C6H12O2.C5H10N4O/c1-10(2)12-9-8-11-6-4-3-5-7-11;1-9(2)13-8-10-7-11(3)5-6-12(10)4;1-10(2)13-9-8-12-6-4-11(3)5-7-12;1-9(2)12-8-5-10-3-6-11-7-4-10;1-9(2)12-8-11-6-4-10(3)5-7-11;2*1-8(2)11-7-9-3-5-10-6-4-9;2*1-6(2)10-4-7-3-8-5-9-7;1-6(2)9-5-7-3-8-4-7;1-6(2)10-5-9-4-7-3-8-9;1-5(2)8-6-3-7-4-6;1-4(2)10-3-5-6-8-9-7-5/h3-7,10H,8-9H2,1-2H3;9-10H,5-8H2,1-4H3;10H,4-9H2,1-3H3;9-10H,3-8H2,1-2H3;4-7,9H,8H2,1-3H3;3-6,8H,7H2,1-2H3;8-9H,3-7H2,1-2H3;2*3,5-6H,4H2,1-2H3,(H,8,9);6-7H,3-5H2,1-2H3;3-4,6H,5H2,1-2H3;5-6H,3-4H2,1-2H3;4H,3H2,1-2H3,(H,6,7,8,9)/q;;;;+2;;;;;;;;/p+1. The van der Waals surface area contributed by atoms with Crippen LogP contribution in [0.1, 0.15) is 240 Å². The Hall–Kier alpha value is -6.76. The third kappa shape index (κ3) is 84.0. The second-order valence-electron chi connectivity index (χ2n) is 39.1. The van der Waals surface area contributed by atoms with Crippen molar-refractivity contribution in [1.29, 1.82) is 0 Å². The molecule has 1 aromatic carbocycles. The van der Waals surface area contributed by atoms with E-state index in [0.29, 0.717) is 113 Å². The molecule has 0 aliphatic carbocycles. The minimum absolute atomic E-state index is 0.207. The summed E-state index contributed by atoms with van der Waals surface area (Å²) in [6.07, 6.45) is 33.2. The van der Waals surface area contributed by atoms with Crippen LogP contribution in [0, 0.1) is 17.8 Å². The molecule has 6 aliphatic heterocycles. The molecule has 13 rings (SSSR count). The van der Waals surface area contributed by atoms with Gasteiger partial charge in [-0.15, -0.1) is 14.9 Å². The van der Waals surface area contributed by atoms with Gasteiger partial charge in [0.05, 0.1) is 188 Å². The number of nitrogens with one attached hydrogen (secondary N) is 4. The van der Waals surface area contributed by atoms with Crippen LogP contribution in [-0.4, -0.2) is 333 Å². The van der Waals surface area contributed by atoms with Crippen molar-refractivity contribution in [3.05, 3.63) is 146 Å². The zero-order chi connectivity index (χ0) is 105. The van der Waals surface area contributed by atoms with Gasteiger partial charge in [0.15, 0.2) is 5.82 Å². The second kappa shape index (κ2) is 86.4. The number of aromatic nitrogens is 14. The SMILES string of the molecule is CC(C)OC1COC1.CC(C)OCC1CCOCC1.CC(C)OCC1CN(C)CCN1C.CC(C)OCC1COC1.CC(C)OCCC1CCOCC1.CC(C)OCCN1CCN(C)CC1.CC(C)OCCc1ccccc1.CC(C)OC[n+]1cc[n+](C)cc1.CC(C)OC[n+]1cnc[nH]1.CC(C)OCc1ccncc1.CC(C)OCc1cnc[nH]1.CC(C)OCc1cnc[nH]1.CC(C)OCc1nn[nH]n1. The van der Waals surface area contributed by atoms with Crippen LogP contribution in [0.5, 0.6) is 0 Å². The normalized spacial score (nSPS) is 16.0. The van der Waals surface area contributed by atoms with Crippen molar-refractivity contribution < 1.29 is 94.3 Å². The molecule has 141 heavy (non-hydrogen) atoms. The molecule has 7 aromatic rings. The Morgan fingerprint density at radius 2 is 0.879 bits per heavy atom. The molecule has 6 aromatic heterocycles. The van der Waals surface area contributed by atoms with Crippen molar-refractivity contribution >= 4 is 0 Å². The van der Waals surface area contributed by atoms with E-state index in [-0.39, 0.29) is 30.5 Å². The summed E-state index contributed by atoms with van der Waals surface area (Å²) in [6, 6.07) is 14.9. The Morgan fingerprint density at radius 3 is 1.33 bits per heavy atom. The number of piperazine rings is 2. The number of pyridine rings is 1. The fraction of sp³-hybridized carbons (Fsp3) is 0.774. The van der Waals surface area contributed by atoms with E-state index in [1.807, 2.05) is 156 Å². The number of hydrogen-bond acceptors (Lipinski definition) is 28. The topological polar surface area (TPSA) is 335 Å². The largest absolute Gasteiger partial charge is 0.381 e. The summed E-state index contributed by atoms with van der Waals surface area (Å²) in [5.74, 6) is 2.85. The molecular formula is C106H199N18O17+3. The van der Waals surface area contributed by atoms with E-state index >= 15 is 0 Å². The molecule has 6 saturated heterocycles. The Balaban J connectivity index is 0.000000765. The highest BCUT2D eigenvalue weighted by Crippen LogP contribution is 2.20. The lowest BCUT2D eigenvalue weighted by atomic mass is 9.97. The van der Waals surface area contributed by atoms with Gasteiger partial charge in [0.25, 0.3) is 6.73 Å². The summed E-state index contributed by atoms with van der Waals surface area (Å²) in [7, 11) is 8.53. The summed E-state index contributed by atoms with van der Waals surface area (Å²) in [4.78, 5) is 31.0. The highest BCUT2D eigenvalue weighted by atomic mass is 16.6. The Morgan fingerprint density at radius 1 is 0.411 bits per heavy atom. The highest BCUT2D eigenvalue weighted by molar-refractivity contribution is 5.14. The van der Waals surface area contributed by atoms with Crippen LogP contribution in [0.15, 0.2) is 117 Å². The maximum atomic E-state index is 5.63. The molecule has 0 amide bonds. The first-order valence-electron chi connectivity index (χ1n) is 51.8. The van der Waals surface area contributed by atoms with Gasteiger partial charge in [0.1, 0.15) is 19.8 Å². The van der Waals surface area contributed by atoms with Crippen LogP contribution in [0.25, 0.3) is 0 Å². The zero-order valence-corrected chi connectivity index (χ0v) is 93.1. The van der Waals surface area contributed by atoms with Crippen LogP contribution in [0.2, 0.25) is 0 Å². The van der Waals surface area contributed by atoms with Crippen LogP contribution < -0.4 is 13.8 Å². The first-order chi connectivity index (χ1) is 67.3. The number of H-pyrrole nitrogens is 4. The van der Waals surface area contributed by atoms with Crippen LogP contribution in [0.4, 0.5) is 0 Å². The number of tetrazole rings is 1. The van der Waals surface area contributed by atoms with Gasteiger partial charge in [0.2, 0.25) is 37.8 Å². The van der Waals surface area contributed by atoms with Gasteiger partial charge in [0, 0.05) is 116 Å². The average molecular weight is 2000 g/mol. The fourth-order valence-corrected chi connectivity index (χ4v) is 12.1. The van der Waals surface area contributed by atoms with Gasteiger partial charge < -0.3 is 100 Å². The molecule has 0 spiro atoms. The Kier molecular flexibility index (Phi) is 81.0. The molecule has 35 nitrogen and oxygen atoms in total. The van der Waals surface area contributed by atoms with Crippen molar-refractivity contribution in [3.63, 3.8) is 0 Å². The molecule has 35 heteroatoms.